The van der Waals surface area contributed by atoms with E-state index in [1.54, 1.807) is 7.11 Å². The minimum Gasteiger partial charge on any atom is -0.497 e. The topological polar surface area (TPSA) is 68.5 Å². The summed E-state index contributed by atoms with van der Waals surface area (Å²) in [6.45, 7) is 0.413. The van der Waals surface area contributed by atoms with Gasteiger partial charge < -0.3 is 10.1 Å². The van der Waals surface area contributed by atoms with Gasteiger partial charge in [0.2, 0.25) is 5.91 Å². The second-order valence-corrected chi connectivity index (χ2v) is 9.98. The Morgan fingerprint density at radius 2 is 1.87 bits per heavy atom. The SMILES string of the molecule is COc1ccc(C23C[C@H]4C[C@@H](CC(C(=O)NCc5nnc6ccccn56)(C4)C2)C3)cc1. The van der Waals surface area contributed by atoms with Gasteiger partial charge in [-0.25, -0.2) is 0 Å². The first kappa shape index (κ1) is 18.8. The van der Waals surface area contributed by atoms with Crippen molar-refractivity contribution in [1.82, 2.24) is 19.9 Å². The average Bonchev–Trinajstić information content (AvgIpc) is 3.20. The van der Waals surface area contributed by atoms with E-state index in [2.05, 4.69) is 39.8 Å². The van der Waals surface area contributed by atoms with Crippen molar-refractivity contribution in [3.63, 3.8) is 0 Å². The van der Waals surface area contributed by atoms with Crippen LogP contribution in [-0.2, 0) is 16.8 Å². The number of hydrogen-bond donors (Lipinski definition) is 1. The highest BCUT2D eigenvalue weighted by Gasteiger charge is 2.60. The number of amides is 1. The van der Waals surface area contributed by atoms with Gasteiger partial charge in [-0.1, -0.05) is 18.2 Å². The fraction of sp³-hybridized carbons (Fsp3) is 0.480. The number of carbonyl (C=O) groups is 1. The Kier molecular flexibility index (Phi) is 4.14. The molecule has 0 unspecified atom stereocenters. The van der Waals surface area contributed by atoms with E-state index in [0.717, 1.165) is 36.5 Å². The predicted molar refractivity (Wildman–Crippen MR) is 117 cm³/mol. The normalized spacial score (nSPS) is 31.1. The monoisotopic (exact) mass is 416 g/mol. The van der Waals surface area contributed by atoms with Gasteiger partial charge in [-0.2, -0.15) is 0 Å². The maximum Gasteiger partial charge on any atom is 0.226 e. The fourth-order valence-electron chi connectivity index (χ4n) is 7.17. The van der Waals surface area contributed by atoms with Gasteiger partial charge in [0, 0.05) is 6.20 Å². The van der Waals surface area contributed by atoms with Crippen molar-refractivity contribution < 1.29 is 9.53 Å². The van der Waals surface area contributed by atoms with Crippen LogP contribution in [0.5, 0.6) is 5.75 Å². The molecule has 2 heterocycles. The van der Waals surface area contributed by atoms with Gasteiger partial charge >= 0.3 is 0 Å². The first-order valence-electron chi connectivity index (χ1n) is 11.3. The molecule has 6 nitrogen and oxygen atoms in total. The lowest BCUT2D eigenvalue weighted by Gasteiger charge is -2.61. The number of benzene rings is 1. The van der Waals surface area contributed by atoms with Crippen LogP contribution in [0.15, 0.2) is 48.7 Å². The minimum atomic E-state index is -0.259. The number of hydrogen-bond acceptors (Lipinski definition) is 4. The van der Waals surface area contributed by atoms with Gasteiger partial charge in [0.25, 0.3) is 0 Å². The number of aromatic nitrogens is 3. The molecular formula is C25H28N4O2. The Morgan fingerprint density at radius 3 is 2.61 bits per heavy atom. The Morgan fingerprint density at radius 1 is 1.10 bits per heavy atom. The molecule has 4 fully saturated rings. The van der Waals surface area contributed by atoms with Crippen LogP contribution in [0.4, 0.5) is 0 Å². The third-order valence-corrected chi connectivity index (χ3v) is 8.04. The summed E-state index contributed by atoms with van der Waals surface area (Å²) in [6, 6.07) is 14.4. The smallest absolute Gasteiger partial charge is 0.226 e. The van der Waals surface area contributed by atoms with Crippen LogP contribution in [0, 0.1) is 17.3 Å². The summed E-state index contributed by atoms with van der Waals surface area (Å²) in [5, 5.41) is 11.7. The summed E-state index contributed by atoms with van der Waals surface area (Å²) >= 11 is 0. The van der Waals surface area contributed by atoms with Crippen molar-refractivity contribution in [2.75, 3.05) is 7.11 Å². The molecule has 1 N–H and O–H groups in total. The zero-order chi connectivity index (χ0) is 21.1. The Labute approximate surface area is 182 Å². The number of carbonyl (C=O) groups excluding carboxylic acids is 1. The van der Waals surface area contributed by atoms with Gasteiger partial charge in [0.05, 0.1) is 19.1 Å². The first-order valence-corrected chi connectivity index (χ1v) is 11.3. The molecule has 0 radical (unpaired) electrons. The lowest BCUT2D eigenvalue weighted by atomic mass is 9.42. The molecule has 0 aliphatic heterocycles. The quantitative estimate of drug-likeness (QED) is 0.685. The number of methoxy groups -OCH3 is 1. The highest BCUT2D eigenvalue weighted by Crippen LogP contribution is 2.65. The van der Waals surface area contributed by atoms with Crippen LogP contribution in [0.2, 0.25) is 0 Å². The predicted octanol–water partition coefficient (Wildman–Crippen LogP) is 3.89. The molecule has 160 valence electrons. The molecule has 2 atom stereocenters. The second kappa shape index (κ2) is 6.81. The molecule has 3 aromatic rings. The summed E-state index contributed by atoms with van der Waals surface area (Å²) in [4.78, 5) is 13.6. The Hall–Kier alpha value is -2.89. The van der Waals surface area contributed by atoms with Crippen LogP contribution >= 0.6 is 0 Å². The van der Waals surface area contributed by atoms with Gasteiger partial charge in [0.15, 0.2) is 11.5 Å². The molecule has 1 aromatic carbocycles. The maximum absolute atomic E-state index is 13.6. The lowest BCUT2D eigenvalue weighted by molar-refractivity contribution is -0.149. The molecule has 31 heavy (non-hydrogen) atoms. The van der Waals surface area contributed by atoms with Crippen molar-refractivity contribution in [2.24, 2.45) is 17.3 Å². The van der Waals surface area contributed by atoms with E-state index >= 15 is 0 Å². The zero-order valence-corrected chi connectivity index (χ0v) is 17.9. The molecule has 4 aliphatic rings. The molecule has 6 heteroatoms. The third-order valence-electron chi connectivity index (χ3n) is 8.04. The lowest BCUT2D eigenvalue weighted by Crippen LogP contribution is -2.59. The molecule has 1 amide bonds. The summed E-state index contributed by atoms with van der Waals surface area (Å²) < 4.78 is 7.31. The molecule has 4 bridgehead atoms. The maximum atomic E-state index is 13.6. The zero-order valence-electron chi connectivity index (χ0n) is 17.9. The summed E-state index contributed by atoms with van der Waals surface area (Å²) in [5.41, 5.74) is 2.04. The largest absolute Gasteiger partial charge is 0.497 e. The second-order valence-electron chi connectivity index (χ2n) is 9.98. The van der Waals surface area contributed by atoms with Gasteiger partial charge in [-0.05, 0) is 85.6 Å². The molecule has 4 aliphatic carbocycles. The van der Waals surface area contributed by atoms with Gasteiger partial charge in [0.1, 0.15) is 5.75 Å². The van der Waals surface area contributed by atoms with Gasteiger partial charge in [-0.15, -0.1) is 10.2 Å². The number of rotatable bonds is 5. The Bertz CT molecular complexity index is 1120. The van der Waals surface area contributed by atoms with Gasteiger partial charge in [-0.3, -0.25) is 9.20 Å². The minimum absolute atomic E-state index is 0.120. The van der Waals surface area contributed by atoms with Crippen LogP contribution in [0.3, 0.4) is 0 Å². The van der Waals surface area contributed by atoms with Crippen molar-refractivity contribution in [1.29, 1.82) is 0 Å². The van der Waals surface area contributed by atoms with Crippen molar-refractivity contribution in [2.45, 2.75) is 50.5 Å². The van der Waals surface area contributed by atoms with Crippen LogP contribution in [0.1, 0.15) is 49.9 Å². The van der Waals surface area contributed by atoms with E-state index in [0.29, 0.717) is 18.4 Å². The Balaban J connectivity index is 1.26. The standard InChI is InChI=1S/C25H28N4O2/c1-31-20-7-5-19(6-8-20)24-11-17-10-18(12-24)14-25(13-17,16-24)23(30)26-15-22-28-27-21-4-2-3-9-29(21)22/h2-9,17-18H,10-16H2,1H3,(H,26,30)/t17-,18-,24?,25?/m1/s1. The fourth-order valence-corrected chi connectivity index (χ4v) is 7.17. The van der Waals surface area contributed by atoms with Crippen LogP contribution in [-0.4, -0.2) is 27.6 Å². The van der Waals surface area contributed by atoms with Crippen LogP contribution < -0.4 is 10.1 Å². The van der Waals surface area contributed by atoms with Crippen molar-refractivity contribution >= 4 is 11.6 Å². The van der Waals surface area contributed by atoms with Crippen molar-refractivity contribution in [3.05, 3.63) is 60.0 Å². The molecule has 4 saturated carbocycles. The summed E-state index contributed by atoms with van der Waals surface area (Å²) in [6.07, 6.45) is 8.63. The molecule has 0 spiro atoms. The summed E-state index contributed by atoms with van der Waals surface area (Å²) in [7, 11) is 1.71. The van der Waals surface area contributed by atoms with Crippen LogP contribution in [0.25, 0.3) is 5.65 Å². The van der Waals surface area contributed by atoms with E-state index in [1.165, 1.54) is 24.8 Å². The molecule has 0 saturated heterocycles. The van der Waals surface area contributed by atoms with E-state index in [4.69, 9.17) is 4.74 Å². The first-order chi connectivity index (χ1) is 15.1. The summed E-state index contributed by atoms with van der Waals surface area (Å²) in [5.74, 6) is 3.15. The van der Waals surface area contributed by atoms with E-state index in [9.17, 15) is 4.79 Å². The number of nitrogens with zero attached hydrogens (tertiary/aromatic N) is 3. The molecule has 7 rings (SSSR count). The van der Waals surface area contributed by atoms with E-state index in [-0.39, 0.29) is 16.7 Å². The van der Waals surface area contributed by atoms with Crippen molar-refractivity contribution in [3.8, 4) is 5.75 Å². The average molecular weight is 417 g/mol. The number of nitrogens with one attached hydrogen (secondary N) is 1. The number of ether oxygens (including phenoxy) is 1. The highest BCUT2D eigenvalue weighted by molar-refractivity contribution is 5.83. The third kappa shape index (κ3) is 2.95. The number of pyridine rings is 1. The molecule has 2 aromatic heterocycles. The van der Waals surface area contributed by atoms with E-state index < -0.39 is 0 Å². The van der Waals surface area contributed by atoms with E-state index in [1.807, 2.05) is 28.8 Å². The highest BCUT2D eigenvalue weighted by atomic mass is 16.5. The number of fused-ring (bicyclic) bond motifs is 1. The molecular weight excluding hydrogens is 388 g/mol.